The van der Waals surface area contributed by atoms with Gasteiger partial charge in [0.2, 0.25) is 0 Å². The molecule has 0 atom stereocenters. The molecule has 1 nitrogen and oxygen atoms in total. The van der Waals surface area contributed by atoms with E-state index in [1.54, 1.807) is 6.92 Å². The Morgan fingerprint density at radius 1 is 1.31 bits per heavy atom. The van der Waals surface area contributed by atoms with Gasteiger partial charge in [-0.1, -0.05) is 12.1 Å². The molecule has 0 aliphatic rings. The molecule has 1 rings (SSSR count). The van der Waals surface area contributed by atoms with Gasteiger partial charge >= 0.3 is 0 Å². The first-order chi connectivity index (χ1) is 6.18. The summed E-state index contributed by atoms with van der Waals surface area (Å²) in [6.07, 6.45) is 2.68. The first-order valence-corrected chi connectivity index (χ1v) is 5.50. The average molecular weight is 288 g/mol. The van der Waals surface area contributed by atoms with E-state index in [9.17, 15) is 4.79 Å². The van der Waals surface area contributed by atoms with Crippen molar-refractivity contribution in [2.24, 2.45) is 0 Å². The summed E-state index contributed by atoms with van der Waals surface area (Å²) >= 11 is 2.29. The smallest absolute Gasteiger partial charge is 0.129 e. The Labute approximate surface area is 92.7 Å². The number of aryl methyl sites for hydroxylation is 1. The van der Waals surface area contributed by atoms with Crippen LogP contribution in [0.2, 0.25) is 0 Å². The van der Waals surface area contributed by atoms with E-state index in [2.05, 4.69) is 46.9 Å². The number of hydrogen-bond donors (Lipinski definition) is 0. The third-order valence-corrected chi connectivity index (χ3v) is 2.63. The van der Waals surface area contributed by atoms with Gasteiger partial charge in [-0.3, -0.25) is 0 Å². The first-order valence-electron chi connectivity index (χ1n) is 4.42. The highest BCUT2D eigenvalue weighted by Gasteiger charge is 1.95. The molecule has 0 bridgehead atoms. The number of ketones is 1. The van der Waals surface area contributed by atoms with Crippen molar-refractivity contribution in [1.82, 2.24) is 0 Å². The van der Waals surface area contributed by atoms with Crippen molar-refractivity contribution in [3.05, 3.63) is 33.4 Å². The number of rotatable bonds is 4. The molecule has 0 unspecified atom stereocenters. The van der Waals surface area contributed by atoms with Gasteiger partial charge in [-0.15, -0.1) is 0 Å². The number of hydrogen-bond acceptors (Lipinski definition) is 1. The van der Waals surface area contributed by atoms with Crippen LogP contribution in [0.3, 0.4) is 0 Å². The standard InChI is InChI=1S/C11H13IO/c1-9(13)3-2-4-10-5-7-11(12)8-6-10/h5-8H,2-4H2,1H3. The Kier molecular flexibility index (Phi) is 4.42. The summed E-state index contributed by atoms with van der Waals surface area (Å²) in [5.74, 6) is 0.283. The first kappa shape index (κ1) is 10.7. The van der Waals surface area contributed by atoms with E-state index < -0.39 is 0 Å². The van der Waals surface area contributed by atoms with E-state index in [0.717, 1.165) is 12.8 Å². The van der Waals surface area contributed by atoms with Crippen molar-refractivity contribution in [2.45, 2.75) is 26.2 Å². The van der Waals surface area contributed by atoms with Gasteiger partial charge in [-0.05, 0) is 60.1 Å². The molecule has 0 aliphatic carbocycles. The number of benzene rings is 1. The van der Waals surface area contributed by atoms with Gasteiger partial charge in [0.15, 0.2) is 0 Å². The maximum Gasteiger partial charge on any atom is 0.129 e. The second kappa shape index (κ2) is 5.37. The lowest BCUT2D eigenvalue weighted by Gasteiger charge is -1.99. The zero-order valence-electron chi connectivity index (χ0n) is 7.72. The van der Waals surface area contributed by atoms with E-state index in [1.807, 2.05) is 0 Å². The van der Waals surface area contributed by atoms with Crippen LogP contribution in [0.15, 0.2) is 24.3 Å². The number of carbonyl (C=O) groups is 1. The van der Waals surface area contributed by atoms with Crippen LogP contribution in [0, 0.1) is 3.57 Å². The van der Waals surface area contributed by atoms with E-state index >= 15 is 0 Å². The zero-order chi connectivity index (χ0) is 9.68. The molecular formula is C11H13IO. The van der Waals surface area contributed by atoms with Gasteiger partial charge in [-0.2, -0.15) is 0 Å². The molecule has 0 aliphatic heterocycles. The maximum atomic E-state index is 10.7. The zero-order valence-corrected chi connectivity index (χ0v) is 9.87. The van der Waals surface area contributed by atoms with Crippen molar-refractivity contribution in [3.63, 3.8) is 0 Å². The predicted octanol–water partition coefficient (Wildman–Crippen LogP) is 3.20. The number of halogens is 1. The molecule has 0 amide bonds. The van der Waals surface area contributed by atoms with E-state index in [1.165, 1.54) is 9.13 Å². The Morgan fingerprint density at radius 3 is 2.46 bits per heavy atom. The predicted molar refractivity (Wildman–Crippen MR) is 62.8 cm³/mol. The third kappa shape index (κ3) is 4.41. The SMILES string of the molecule is CC(=O)CCCc1ccc(I)cc1. The van der Waals surface area contributed by atoms with Crippen LogP contribution in [0.5, 0.6) is 0 Å². The quantitative estimate of drug-likeness (QED) is 0.778. The Hall–Kier alpha value is -0.380. The second-order valence-electron chi connectivity index (χ2n) is 3.18. The molecule has 0 saturated heterocycles. The van der Waals surface area contributed by atoms with Gasteiger partial charge in [0.05, 0.1) is 0 Å². The van der Waals surface area contributed by atoms with E-state index in [4.69, 9.17) is 0 Å². The van der Waals surface area contributed by atoms with E-state index in [0.29, 0.717) is 6.42 Å². The number of carbonyl (C=O) groups excluding carboxylic acids is 1. The summed E-state index contributed by atoms with van der Waals surface area (Å²) in [5.41, 5.74) is 1.32. The summed E-state index contributed by atoms with van der Waals surface area (Å²) < 4.78 is 1.26. The van der Waals surface area contributed by atoms with Crippen LogP contribution < -0.4 is 0 Å². The van der Waals surface area contributed by atoms with E-state index in [-0.39, 0.29) is 5.78 Å². The summed E-state index contributed by atoms with van der Waals surface area (Å²) in [6, 6.07) is 8.46. The molecule has 0 N–H and O–H groups in total. The van der Waals surface area contributed by atoms with Gasteiger partial charge in [0.1, 0.15) is 5.78 Å². The third-order valence-electron chi connectivity index (χ3n) is 1.91. The van der Waals surface area contributed by atoms with Gasteiger partial charge in [0.25, 0.3) is 0 Å². The molecule has 0 saturated carbocycles. The van der Waals surface area contributed by atoms with Crippen LogP contribution in [0.1, 0.15) is 25.3 Å². The molecule has 0 radical (unpaired) electrons. The lowest BCUT2D eigenvalue weighted by atomic mass is 10.1. The summed E-state index contributed by atoms with van der Waals surface area (Å²) in [4.78, 5) is 10.7. The summed E-state index contributed by atoms with van der Waals surface area (Å²) in [5, 5.41) is 0. The highest BCUT2D eigenvalue weighted by molar-refractivity contribution is 14.1. The minimum Gasteiger partial charge on any atom is -0.300 e. The van der Waals surface area contributed by atoms with Crippen molar-refractivity contribution < 1.29 is 4.79 Å². The van der Waals surface area contributed by atoms with Crippen LogP contribution >= 0.6 is 22.6 Å². The fourth-order valence-electron chi connectivity index (χ4n) is 1.19. The molecule has 13 heavy (non-hydrogen) atoms. The molecule has 0 aromatic heterocycles. The second-order valence-corrected chi connectivity index (χ2v) is 4.43. The minimum absolute atomic E-state index is 0.283. The summed E-state index contributed by atoms with van der Waals surface area (Å²) in [7, 11) is 0. The number of Topliss-reactive ketones (excluding diaryl/α,β-unsaturated/α-hetero) is 1. The van der Waals surface area contributed by atoms with Crippen molar-refractivity contribution in [2.75, 3.05) is 0 Å². The van der Waals surface area contributed by atoms with Crippen LogP contribution in [-0.4, -0.2) is 5.78 Å². The minimum atomic E-state index is 0.283. The van der Waals surface area contributed by atoms with Crippen molar-refractivity contribution >= 4 is 28.4 Å². The maximum absolute atomic E-state index is 10.7. The monoisotopic (exact) mass is 288 g/mol. The van der Waals surface area contributed by atoms with Crippen LogP contribution in [-0.2, 0) is 11.2 Å². The molecular weight excluding hydrogens is 275 g/mol. The normalized spacial score (nSPS) is 10.0. The lowest BCUT2D eigenvalue weighted by molar-refractivity contribution is -0.117. The molecule has 70 valence electrons. The van der Waals surface area contributed by atoms with Gasteiger partial charge in [-0.25, -0.2) is 0 Å². The molecule has 0 fully saturated rings. The molecule has 1 aromatic rings. The Bertz CT molecular complexity index is 277. The van der Waals surface area contributed by atoms with Crippen molar-refractivity contribution in [3.8, 4) is 0 Å². The highest BCUT2D eigenvalue weighted by Crippen LogP contribution is 2.09. The summed E-state index contributed by atoms with van der Waals surface area (Å²) in [6.45, 7) is 1.65. The van der Waals surface area contributed by atoms with Gasteiger partial charge < -0.3 is 4.79 Å². The fourth-order valence-corrected chi connectivity index (χ4v) is 1.55. The average Bonchev–Trinajstić information content (AvgIpc) is 2.08. The van der Waals surface area contributed by atoms with Gasteiger partial charge in [0, 0.05) is 9.99 Å². The largest absolute Gasteiger partial charge is 0.300 e. The van der Waals surface area contributed by atoms with Crippen molar-refractivity contribution in [1.29, 1.82) is 0 Å². The molecule has 0 spiro atoms. The lowest BCUT2D eigenvalue weighted by Crippen LogP contribution is -1.92. The fraction of sp³-hybridized carbons (Fsp3) is 0.364. The highest BCUT2D eigenvalue weighted by atomic mass is 127. The molecule has 0 heterocycles. The van der Waals surface area contributed by atoms with Crippen LogP contribution in [0.25, 0.3) is 0 Å². The topological polar surface area (TPSA) is 17.1 Å². The Morgan fingerprint density at radius 2 is 1.92 bits per heavy atom. The molecule has 1 aromatic carbocycles. The Balaban J connectivity index is 2.37. The molecule has 2 heteroatoms. The van der Waals surface area contributed by atoms with Crippen LogP contribution in [0.4, 0.5) is 0 Å².